The average Bonchev–Trinajstić information content (AvgIpc) is 2.48. The third-order valence-electron chi connectivity index (χ3n) is 2.79. The lowest BCUT2D eigenvalue weighted by molar-refractivity contribution is -0.115. The smallest absolute Gasteiger partial charge is 0.238 e. The summed E-state index contributed by atoms with van der Waals surface area (Å²) in [5.41, 5.74) is 0.931. The summed E-state index contributed by atoms with van der Waals surface area (Å²) in [6.45, 7) is 0. The second-order valence-electron chi connectivity index (χ2n) is 4.26. The first-order valence-corrected chi connectivity index (χ1v) is 6.18. The van der Waals surface area contributed by atoms with Crippen molar-refractivity contribution in [3.05, 3.63) is 65.5 Å². The molecule has 0 saturated carbocycles. The van der Waals surface area contributed by atoms with E-state index < -0.39 is 11.7 Å². The van der Waals surface area contributed by atoms with Crippen LogP contribution >= 0.6 is 0 Å². The molecule has 0 radical (unpaired) electrons. The number of ketones is 1. The first-order valence-electron chi connectivity index (χ1n) is 6.18. The summed E-state index contributed by atoms with van der Waals surface area (Å²) in [5.74, 6) is -1.25. The van der Waals surface area contributed by atoms with Gasteiger partial charge in [0.05, 0.1) is 11.8 Å². The molecule has 1 N–H and O–H groups in total. The molecule has 0 aromatic heterocycles. The van der Waals surface area contributed by atoms with Gasteiger partial charge in [-0.1, -0.05) is 12.1 Å². The zero-order chi connectivity index (χ0) is 15.2. The first kappa shape index (κ1) is 14.4. The summed E-state index contributed by atoms with van der Waals surface area (Å²) in [4.78, 5) is 23.9. The molecule has 0 spiro atoms. The Bertz CT molecular complexity index is 718. The summed E-state index contributed by atoms with van der Waals surface area (Å²) >= 11 is 0. The number of para-hydroxylation sites is 1. The highest BCUT2D eigenvalue weighted by molar-refractivity contribution is 6.13. The van der Waals surface area contributed by atoms with Gasteiger partial charge in [-0.2, -0.15) is 5.26 Å². The number of nitrogens with one attached hydrogen (secondary N) is 1. The highest BCUT2D eigenvalue weighted by Crippen LogP contribution is 2.19. The zero-order valence-electron chi connectivity index (χ0n) is 11.0. The van der Waals surface area contributed by atoms with Crippen LogP contribution in [-0.2, 0) is 4.79 Å². The lowest BCUT2D eigenvalue weighted by Crippen LogP contribution is -2.14. The molecule has 2 aromatic carbocycles. The molecular weight excluding hydrogens is 271 g/mol. The number of hydrogen-bond acceptors (Lipinski definition) is 3. The van der Waals surface area contributed by atoms with Crippen LogP contribution in [0.2, 0.25) is 0 Å². The SMILES string of the molecule is N#CCC(=O)Nc1ccccc1C(=O)c1ccc(F)cc1. The van der Waals surface area contributed by atoms with E-state index in [0.29, 0.717) is 11.3 Å². The molecular formula is C16H11FN2O2. The van der Waals surface area contributed by atoms with Crippen LogP contribution < -0.4 is 5.32 Å². The molecule has 104 valence electrons. The average molecular weight is 282 g/mol. The topological polar surface area (TPSA) is 70.0 Å². The van der Waals surface area contributed by atoms with Crippen molar-refractivity contribution in [3.63, 3.8) is 0 Å². The van der Waals surface area contributed by atoms with Crippen molar-refractivity contribution in [3.8, 4) is 6.07 Å². The van der Waals surface area contributed by atoms with Gasteiger partial charge in [0, 0.05) is 11.1 Å². The third-order valence-corrected chi connectivity index (χ3v) is 2.79. The molecule has 4 nitrogen and oxygen atoms in total. The second-order valence-corrected chi connectivity index (χ2v) is 4.26. The number of carbonyl (C=O) groups excluding carboxylic acids is 2. The standard InChI is InChI=1S/C16H11FN2O2/c17-12-7-5-11(6-8-12)16(21)13-3-1-2-4-14(13)19-15(20)9-10-18/h1-8H,9H2,(H,19,20). The van der Waals surface area contributed by atoms with Crippen LogP contribution in [-0.4, -0.2) is 11.7 Å². The van der Waals surface area contributed by atoms with Gasteiger partial charge in [-0.3, -0.25) is 9.59 Å². The Hall–Kier alpha value is -3.00. The number of carbonyl (C=O) groups is 2. The van der Waals surface area contributed by atoms with E-state index in [4.69, 9.17) is 5.26 Å². The molecule has 0 heterocycles. The quantitative estimate of drug-likeness (QED) is 0.876. The number of halogens is 1. The van der Waals surface area contributed by atoms with E-state index in [-0.39, 0.29) is 17.8 Å². The lowest BCUT2D eigenvalue weighted by Gasteiger charge is -2.09. The number of hydrogen-bond donors (Lipinski definition) is 1. The fourth-order valence-electron chi connectivity index (χ4n) is 1.81. The van der Waals surface area contributed by atoms with E-state index in [1.165, 1.54) is 24.3 Å². The minimum absolute atomic E-state index is 0.287. The summed E-state index contributed by atoms with van der Waals surface area (Å²) in [6.07, 6.45) is -0.293. The molecule has 2 rings (SSSR count). The second kappa shape index (κ2) is 6.44. The summed E-state index contributed by atoms with van der Waals surface area (Å²) in [5, 5.41) is 11.0. The monoisotopic (exact) mass is 282 g/mol. The molecule has 0 saturated heterocycles. The third kappa shape index (κ3) is 3.51. The van der Waals surface area contributed by atoms with Crippen molar-refractivity contribution in [2.24, 2.45) is 0 Å². The minimum atomic E-state index is -0.489. The van der Waals surface area contributed by atoms with E-state index >= 15 is 0 Å². The van der Waals surface area contributed by atoms with Gasteiger partial charge in [-0.15, -0.1) is 0 Å². The summed E-state index contributed by atoms with van der Waals surface area (Å²) in [6, 6.07) is 13.4. The number of benzene rings is 2. The van der Waals surface area contributed by atoms with Gasteiger partial charge < -0.3 is 5.32 Å². The van der Waals surface area contributed by atoms with Crippen molar-refractivity contribution in [1.29, 1.82) is 5.26 Å². The largest absolute Gasteiger partial charge is 0.325 e. The van der Waals surface area contributed by atoms with Crippen LogP contribution in [0.3, 0.4) is 0 Å². The van der Waals surface area contributed by atoms with E-state index in [0.717, 1.165) is 0 Å². The summed E-state index contributed by atoms with van der Waals surface area (Å²) < 4.78 is 12.9. The molecule has 0 fully saturated rings. The van der Waals surface area contributed by atoms with E-state index in [9.17, 15) is 14.0 Å². The van der Waals surface area contributed by atoms with E-state index in [2.05, 4.69) is 5.32 Å². The van der Waals surface area contributed by atoms with Crippen LogP contribution in [0.5, 0.6) is 0 Å². The van der Waals surface area contributed by atoms with Gasteiger partial charge in [0.15, 0.2) is 5.78 Å². The molecule has 1 amide bonds. The van der Waals surface area contributed by atoms with Crippen LogP contribution in [0.25, 0.3) is 0 Å². The fraction of sp³-hybridized carbons (Fsp3) is 0.0625. The molecule has 2 aromatic rings. The first-order chi connectivity index (χ1) is 10.1. The highest BCUT2D eigenvalue weighted by atomic mass is 19.1. The molecule has 21 heavy (non-hydrogen) atoms. The maximum Gasteiger partial charge on any atom is 0.238 e. The van der Waals surface area contributed by atoms with Gasteiger partial charge in [0.1, 0.15) is 12.2 Å². The number of anilines is 1. The number of nitriles is 1. The Morgan fingerprint density at radius 3 is 2.43 bits per heavy atom. The Balaban J connectivity index is 2.31. The van der Waals surface area contributed by atoms with Crippen LogP contribution in [0, 0.1) is 17.1 Å². The summed E-state index contributed by atoms with van der Waals surface area (Å²) in [7, 11) is 0. The van der Waals surface area contributed by atoms with Gasteiger partial charge in [-0.05, 0) is 36.4 Å². The Morgan fingerprint density at radius 1 is 1.10 bits per heavy atom. The van der Waals surface area contributed by atoms with E-state index in [1.807, 2.05) is 0 Å². The number of amides is 1. The predicted molar refractivity (Wildman–Crippen MR) is 75.1 cm³/mol. The van der Waals surface area contributed by atoms with Crippen molar-refractivity contribution in [2.75, 3.05) is 5.32 Å². The molecule has 5 heteroatoms. The number of nitrogens with zero attached hydrogens (tertiary/aromatic N) is 1. The minimum Gasteiger partial charge on any atom is -0.325 e. The zero-order valence-corrected chi connectivity index (χ0v) is 11.0. The molecule has 0 atom stereocenters. The van der Waals surface area contributed by atoms with Crippen molar-refractivity contribution in [2.45, 2.75) is 6.42 Å². The van der Waals surface area contributed by atoms with Crippen molar-refractivity contribution in [1.82, 2.24) is 0 Å². The van der Waals surface area contributed by atoms with Crippen molar-refractivity contribution < 1.29 is 14.0 Å². The van der Waals surface area contributed by atoms with Gasteiger partial charge in [0.25, 0.3) is 0 Å². The Kier molecular flexibility index (Phi) is 4.42. The van der Waals surface area contributed by atoms with Gasteiger partial charge in [0.2, 0.25) is 5.91 Å². The van der Waals surface area contributed by atoms with Crippen LogP contribution in [0.15, 0.2) is 48.5 Å². The van der Waals surface area contributed by atoms with Gasteiger partial charge in [-0.25, -0.2) is 4.39 Å². The molecule has 0 unspecified atom stereocenters. The Labute approximate surface area is 120 Å². The van der Waals surface area contributed by atoms with Crippen LogP contribution in [0.1, 0.15) is 22.3 Å². The molecule has 0 aliphatic heterocycles. The normalized spacial score (nSPS) is 9.71. The maximum absolute atomic E-state index is 12.9. The van der Waals surface area contributed by atoms with Gasteiger partial charge >= 0.3 is 0 Å². The van der Waals surface area contributed by atoms with Crippen LogP contribution in [0.4, 0.5) is 10.1 Å². The maximum atomic E-state index is 12.9. The number of rotatable bonds is 4. The van der Waals surface area contributed by atoms with E-state index in [1.54, 1.807) is 30.3 Å². The molecule has 0 aliphatic carbocycles. The predicted octanol–water partition coefficient (Wildman–Crippen LogP) is 2.91. The Morgan fingerprint density at radius 2 is 1.76 bits per heavy atom. The fourth-order valence-corrected chi connectivity index (χ4v) is 1.81. The molecule has 0 bridgehead atoms. The molecule has 0 aliphatic rings. The lowest BCUT2D eigenvalue weighted by atomic mass is 10.0. The highest BCUT2D eigenvalue weighted by Gasteiger charge is 2.14. The van der Waals surface area contributed by atoms with Crippen molar-refractivity contribution >= 4 is 17.4 Å².